The van der Waals surface area contributed by atoms with E-state index in [1.807, 2.05) is 54.6 Å². The van der Waals surface area contributed by atoms with E-state index in [0.717, 1.165) is 22.3 Å². The average Bonchev–Trinajstić information content (AvgIpc) is 2.48. The highest BCUT2D eigenvalue weighted by molar-refractivity contribution is 8.00. The van der Waals surface area contributed by atoms with Gasteiger partial charge < -0.3 is 0 Å². The Bertz CT molecular complexity index is 649. The van der Waals surface area contributed by atoms with E-state index in [2.05, 4.69) is 0 Å². The highest BCUT2D eigenvalue weighted by atomic mass is 35.5. The Balaban J connectivity index is 2.15. The van der Waals surface area contributed by atoms with Gasteiger partial charge in [0.15, 0.2) is 0 Å². The first-order valence-electron chi connectivity index (χ1n) is 5.97. The van der Waals surface area contributed by atoms with Gasteiger partial charge in [-0.3, -0.25) is 4.79 Å². The average molecular weight is 287 g/mol. The second-order valence-corrected chi connectivity index (χ2v) is 5.82. The normalized spacial score (nSPS) is 18.1. The molecule has 0 spiro atoms. The maximum absolute atomic E-state index is 11.4. The minimum absolute atomic E-state index is 0.0268. The first-order chi connectivity index (χ1) is 9.31. The van der Waals surface area contributed by atoms with Crippen LogP contribution in [0.4, 0.5) is 0 Å². The van der Waals surface area contributed by atoms with Gasteiger partial charge in [0, 0.05) is 16.0 Å². The molecular formula is C16H11ClOS. The lowest BCUT2D eigenvalue weighted by Gasteiger charge is -2.25. The SMILES string of the molecule is O=CC1=C(Cl)c2ccccc2SC1c1ccccc1. The minimum Gasteiger partial charge on any atom is -0.298 e. The van der Waals surface area contributed by atoms with Crippen LogP contribution in [0.25, 0.3) is 5.03 Å². The van der Waals surface area contributed by atoms with Gasteiger partial charge in [0.25, 0.3) is 0 Å². The summed E-state index contributed by atoms with van der Waals surface area (Å²) in [5.41, 5.74) is 2.70. The van der Waals surface area contributed by atoms with Gasteiger partial charge >= 0.3 is 0 Å². The number of aldehydes is 1. The molecule has 0 fully saturated rings. The molecular weight excluding hydrogens is 276 g/mol. The van der Waals surface area contributed by atoms with Gasteiger partial charge in [-0.1, -0.05) is 60.1 Å². The summed E-state index contributed by atoms with van der Waals surface area (Å²) in [5.74, 6) is 0. The standard InChI is InChI=1S/C16H11ClOS/c17-15-12-8-4-5-9-14(12)19-16(13(15)10-18)11-6-2-1-3-7-11/h1-10,16H. The van der Waals surface area contributed by atoms with E-state index in [9.17, 15) is 4.79 Å². The van der Waals surface area contributed by atoms with Crippen LogP contribution in [-0.4, -0.2) is 6.29 Å². The molecule has 1 atom stereocenters. The summed E-state index contributed by atoms with van der Waals surface area (Å²) in [6.07, 6.45) is 0.878. The van der Waals surface area contributed by atoms with Gasteiger partial charge in [-0.2, -0.15) is 0 Å². The molecule has 94 valence electrons. The smallest absolute Gasteiger partial charge is 0.149 e. The summed E-state index contributed by atoms with van der Waals surface area (Å²) in [7, 11) is 0. The molecule has 1 unspecified atom stereocenters. The molecule has 0 aromatic heterocycles. The van der Waals surface area contributed by atoms with Gasteiger partial charge in [0.1, 0.15) is 6.29 Å². The number of carbonyl (C=O) groups excluding carboxylic acids is 1. The zero-order valence-electron chi connectivity index (χ0n) is 10.0. The second kappa shape index (κ2) is 5.24. The summed E-state index contributed by atoms with van der Waals surface area (Å²) < 4.78 is 0. The summed E-state index contributed by atoms with van der Waals surface area (Å²) in [4.78, 5) is 12.5. The predicted octanol–water partition coefficient (Wildman–Crippen LogP) is 4.68. The lowest BCUT2D eigenvalue weighted by molar-refractivity contribution is -0.104. The van der Waals surface area contributed by atoms with Crippen molar-refractivity contribution in [3.8, 4) is 0 Å². The molecule has 1 aliphatic heterocycles. The van der Waals surface area contributed by atoms with E-state index < -0.39 is 0 Å². The molecule has 0 saturated heterocycles. The molecule has 1 nitrogen and oxygen atoms in total. The van der Waals surface area contributed by atoms with E-state index in [0.29, 0.717) is 10.6 Å². The summed E-state index contributed by atoms with van der Waals surface area (Å²) >= 11 is 8.07. The topological polar surface area (TPSA) is 17.1 Å². The van der Waals surface area contributed by atoms with Gasteiger partial charge in [0.05, 0.1) is 10.3 Å². The molecule has 2 aromatic rings. The first-order valence-corrected chi connectivity index (χ1v) is 7.23. The Kier molecular flexibility index (Phi) is 3.45. The molecule has 2 aromatic carbocycles. The first kappa shape index (κ1) is 12.5. The monoisotopic (exact) mass is 286 g/mol. The van der Waals surface area contributed by atoms with Crippen LogP contribution < -0.4 is 0 Å². The van der Waals surface area contributed by atoms with Crippen molar-refractivity contribution < 1.29 is 4.79 Å². The van der Waals surface area contributed by atoms with Crippen molar-refractivity contribution in [1.82, 2.24) is 0 Å². The number of benzene rings is 2. The molecule has 0 N–H and O–H groups in total. The molecule has 3 rings (SSSR count). The van der Waals surface area contributed by atoms with Crippen LogP contribution in [0.15, 0.2) is 65.1 Å². The van der Waals surface area contributed by atoms with Crippen molar-refractivity contribution in [3.63, 3.8) is 0 Å². The Hall–Kier alpha value is -1.51. The van der Waals surface area contributed by atoms with Crippen LogP contribution in [0.1, 0.15) is 16.4 Å². The molecule has 0 radical (unpaired) electrons. The Morgan fingerprint density at radius 1 is 1.00 bits per heavy atom. The van der Waals surface area contributed by atoms with Crippen molar-refractivity contribution in [2.45, 2.75) is 10.1 Å². The van der Waals surface area contributed by atoms with Crippen LogP contribution in [0, 0.1) is 0 Å². The predicted molar refractivity (Wildman–Crippen MR) is 80.3 cm³/mol. The van der Waals surface area contributed by atoms with Crippen LogP contribution in [0.3, 0.4) is 0 Å². The molecule has 1 aliphatic rings. The quantitative estimate of drug-likeness (QED) is 0.746. The number of rotatable bonds is 2. The van der Waals surface area contributed by atoms with E-state index in [1.165, 1.54) is 0 Å². The van der Waals surface area contributed by atoms with Crippen molar-refractivity contribution in [2.24, 2.45) is 0 Å². The van der Waals surface area contributed by atoms with Crippen molar-refractivity contribution >= 4 is 34.7 Å². The third kappa shape index (κ3) is 2.22. The fourth-order valence-electron chi connectivity index (χ4n) is 2.20. The number of halogens is 1. The fraction of sp³-hybridized carbons (Fsp3) is 0.0625. The largest absolute Gasteiger partial charge is 0.298 e. The van der Waals surface area contributed by atoms with E-state index in [-0.39, 0.29) is 5.25 Å². The third-order valence-electron chi connectivity index (χ3n) is 3.13. The fourth-order valence-corrected chi connectivity index (χ4v) is 3.94. The van der Waals surface area contributed by atoms with Crippen molar-refractivity contribution in [2.75, 3.05) is 0 Å². The molecule has 1 heterocycles. The Morgan fingerprint density at radius 2 is 1.68 bits per heavy atom. The van der Waals surface area contributed by atoms with Crippen LogP contribution in [-0.2, 0) is 4.79 Å². The molecule has 0 aliphatic carbocycles. The lowest BCUT2D eigenvalue weighted by atomic mass is 10.0. The van der Waals surface area contributed by atoms with Crippen LogP contribution in [0.2, 0.25) is 0 Å². The van der Waals surface area contributed by atoms with Gasteiger partial charge in [0.2, 0.25) is 0 Å². The minimum atomic E-state index is -0.0268. The lowest BCUT2D eigenvalue weighted by Crippen LogP contribution is -2.07. The number of fused-ring (bicyclic) bond motifs is 1. The van der Waals surface area contributed by atoms with E-state index >= 15 is 0 Å². The van der Waals surface area contributed by atoms with Gasteiger partial charge in [-0.15, -0.1) is 11.8 Å². The molecule has 0 saturated carbocycles. The van der Waals surface area contributed by atoms with Crippen molar-refractivity contribution in [1.29, 1.82) is 0 Å². The second-order valence-electron chi connectivity index (χ2n) is 4.29. The summed E-state index contributed by atoms with van der Waals surface area (Å²) in [5, 5.41) is 0.541. The molecule has 19 heavy (non-hydrogen) atoms. The van der Waals surface area contributed by atoms with E-state index in [1.54, 1.807) is 11.8 Å². The summed E-state index contributed by atoms with van der Waals surface area (Å²) in [6, 6.07) is 17.9. The summed E-state index contributed by atoms with van der Waals surface area (Å²) in [6.45, 7) is 0. The van der Waals surface area contributed by atoms with Crippen LogP contribution in [0.5, 0.6) is 0 Å². The Labute approximate surface area is 121 Å². The number of carbonyl (C=O) groups is 1. The maximum atomic E-state index is 11.4. The third-order valence-corrected chi connectivity index (χ3v) is 4.93. The van der Waals surface area contributed by atoms with Gasteiger partial charge in [-0.25, -0.2) is 0 Å². The van der Waals surface area contributed by atoms with E-state index in [4.69, 9.17) is 11.6 Å². The highest BCUT2D eigenvalue weighted by Gasteiger charge is 2.27. The molecule has 0 amide bonds. The van der Waals surface area contributed by atoms with Gasteiger partial charge in [-0.05, 0) is 11.6 Å². The Morgan fingerprint density at radius 3 is 2.42 bits per heavy atom. The number of thioether (sulfide) groups is 1. The molecule has 3 heteroatoms. The zero-order valence-corrected chi connectivity index (χ0v) is 11.6. The molecule has 0 bridgehead atoms. The number of hydrogen-bond donors (Lipinski definition) is 0. The van der Waals surface area contributed by atoms with Crippen molar-refractivity contribution in [3.05, 3.63) is 71.3 Å². The highest BCUT2D eigenvalue weighted by Crippen LogP contribution is 2.50. The maximum Gasteiger partial charge on any atom is 0.149 e. The number of hydrogen-bond acceptors (Lipinski definition) is 2. The zero-order chi connectivity index (χ0) is 13.2. The van der Waals surface area contributed by atoms with Crippen LogP contribution >= 0.6 is 23.4 Å².